The third kappa shape index (κ3) is 6.11. The summed E-state index contributed by atoms with van der Waals surface area (Å²) in [6.45, 7) is -4.70. The van der Waals surface area contributed by atoms with Crippen LogP contribution in [-0.2, 0) is 38.9 Å². The quantitative estimate of drug-likeness (QED) is 0.0614. The van der Waals surface area contributed by atoms with E-state index in [2.05, 4.69) is 37.8 Å². The predicted molar refractivity (Wildman–Crippen MR) is 162 cm³/mol. The minimum absolute atomic E-state index is 0.00189. The lowest BCUT2D eigenvalue weighted by Crippen LogP contribution is -2.35. The van der Waals surface area contributed by atoms with Gasteiger partial charge in [0.1, 0.15) is 48.3 Å². The van der Waals surface area contributed by atoms with Gasteiger partial charge in [-0.1, -0.05) is 0 Å². The van der Waals surface area contributed by atoms with Crippen LogP contribution >= 0.6 is 28.3 Å². The van der Waals surface area contributed by atoms with Crippen LogP contribution in [0.3, 0.4) is 0 Å². The number of nitrogens with two attached hydrogens (primary N) is 2. The smallest absolute Gasteiger partial charge is 0.327 e. The van der Waals surface area contributed by atoms with Crippen molar-refractivity contribution < 1.29 is 42.2 Å². The SMILES string of the molecule is Nc1nc2c(ncn2[C@@H]2O[C@H](COP=O)[C@@H](O)[C@H]2OP(O)(=S)OC[C@H]2C[C@@H](n3ccc4c(N)ncnc43)[C@H](O)[C@@H]2OS)c(=O)[nH]1. The highest BCUT2D eigenvalue weighted by atomic mass is 32.5. The number of H-pyrrole nitrogens is 1. The molecule has 1 saturated carbocycles. The summed E-state index contributed by atoms with van der Waals surface area (Å²) in [5.41, 5.74) is 11.5. The number of fused-ring (bicyclic) bond motifs is 2. The molecule has 19 nitrogen and oxygen atoms in total. The Kier molecular flexibility index (Phi) is 9.23. The Morgan fingerprint density at radius 1 is 1.18 bits per heavy atom. The lowest BCUT2D eigenvalue weighted by atomic mass is 10.1. The van der Waals surface area contributed by atoms with Gasteiger partial charge in [-0.05, 0) is 37.2 Å². The van der Waals surface area contributed by atoms with E-state index < -0.39 is 69.7 Å². The molecule has 9 atom stereocenters. The van der Waals surface area contributed by atoms with E-state index in [1.165, 1.54) is 17.2 Å². The maximum absolute atomic E-state index is 12.3. The van der Waals surface area contributed by atoms with Crippen molar-refractivity contribution in [1.82, 2.24) is 34.1 Å². The van der Waals surface area contributed by atoms with Crippen molar-refractivity contribution in [1.29, 1.82) is 0 Å². The number of hydrogen-bond acceptors (Lipinski definition) is 17. The summed E-state index contributed by atoms with van der Waals surface area (Å²) in [4.78, 5) is 42.2. The second-order valence-corrected chi connectivity index (χ2v) is 13.8. The van der Waals surface area contributed by atoms with E-state index in [9.17, 15) is 24.5 Å². The summed E-state index contributed by atoms with van der Waals surface area (Å²) in [5.74, 6) is -0.432. The van der Waals surface area contributed by atoms with Crippen molar-refractivity contribution >= 4 is 74.1 Å². The van der Waals surface area contributed by atoms with E-state index in [0.717, 1.165) is 0 Å². The molecule has 6 rings (SSSR count). The highest BCUT2D eigenvalue weighted by Gasteiger charge is 2.50. The molecule has 4 aromatic rings. The van der Waals surface area contributed by atoms with Gasteiger partial charge in [-0.3, -0.25) is 23.4 Å². The van der Waals surface area contributed by atoms with Gasteiger partial charge in [0.25, 0.3) is 5.56 Å². The molecule has 8 N–H and O–H groups in total. The summed E-state index contributed by atoms with van der Waals surface area (Å²) >= 11 is 9.25. The topological polar surface area (TPSA) is 270 Å². The molecule has 0 bridgehead atoms. The summed E-state index contributed by atoms with van der Waals surface area (Å²) in [6, 6.07) is 1.22. The van der Waals surface area contributed by atoms with Crippen molar-refractivity contribution in [3.05, 3.63) is 35.3 Å². The summed E-state index contributed by atoms with van der Waals surface area (Å²) in [7, 11) is -0.658. The first kappa shape index (κ1) is 32.3. The van der Waals surface area contributed by atoms with Crippen molar-refractivity contribution in [2.24, 2.45) is 5.92 Å². The number of imidazole rings is 1. The van der Waals surface area contributed by atoms with Crippen LogP contribution in [0.1, 0.15) is 18.7 Å². The molecule has 0 radical (unpaired) electrons. The molecule has 2 aliphatic rings. The summed E-state index contributed by atoms with van der Waals surface area (Å²) in [6.07, 6.45) is -2.53. The number of nitrogens with one attached hydrogen (secondary N) is 1. The number of anilines is 2. The number of nitrogens with zero attached hydrogens (tertiary/aromatic N) is 6. The van der Waals surface area contributed by atoms with Crippen molar-refractivity contribution in [3.63, 3.8) is 0 Å². The predicted octanol–water partition coefficient (Wildman–Crippen LogP) is -0.0190. The minimum atomic E-state index is -4.15. The Labute approximate surface area is 265 Å². The number of nitrogen functional groups attached to an aromatic ring is 2. The average Bonchev–Trinajstić information content (AvgIpc) is 3.76. The highest BCUT2D eigenvalue weighted by molar-refractivity contribution is 8.07. The normalized spacial score (nSPS) is 30.0. The number of rotatable bonds is 11. The number of aliphatic hydroxyl groups is 2. The molecule has 242 valence electrons. The van der Waals surface area contributed by atoms with E-state index >= 15 is 0 Å². The van der Waals surface area contributed by atoms with E-state index in [1.54, 1.807) is 16.8 Å². The first-order chi connectivity index (χ1) is 21.5. The van der Waals surface area contributed by atoms with Crippen LogP contribution < -0.4 is 17.0 Å². The molecule has 1 unspecified atom stereocenters. The summed E-state index contributed by atoms with van der Waals surface area (Å²) < 4.78 is 41.5. The van der Waals surface area contributed by atoms with Crippen LogP contribution in [0.2, 0.25) is 0 Å². The zero-order valence-electron chi connectivity index (χ0n) is 22.8. The molecule has 0 amide bonds. The Morgan fingerprint density at radius 3 is 2.73 bits per heavy atom. The molecule has 1 aliphatic heterocycles. The molecule has 5 heterocycles. The highest BCUT2D eigenvalue weighted by Crippen LogP contribution is 2.51. The molecule has 1 saturated heterocycles. The Bertz CT molecular complexity index is 1830. The van der Waals surface area contributed by atoms with Crippen molar-refractivity contribution in [3.8, 4) is 0 Å². The zero-order chi connectivity index (χ0) is 32.0. The lowest BCUT2D eigenvalue weighted by molar-refractivity contribution is -0.0451. The molecule has 45 heavy (non-hydrogen) atoms. The minimum Gasteiger partial charge on any atom is -0.388 e. The fraction of sp³-hybridized carbons (Fsp3) is 0.500. The van der Waals surface area contributed by atoms with Crippen molar-refractivity contribution in [2.45, 2.75) is 49.2 Å². The average molecular weight is 704 g/mol. The molecule has 23 heteroatoms. The Balaban J connectivity index is 1.21. The van der Waals surface area contributed by atoms with Gasteiger partial charge in [-0.25, -0.2) is 19.5 Å². The van der Waals surface area contributed by atoms with Crippen LogP contribution in [0.5, 0.6) is 0 Å². The molecular weight excluding hydrogens is 676 g/mol. The van der Waals surface area contributed by atoms with Crippen LogP contribution in [-0.4, -0.2) is 92.9 Å². The number of aliphatic hydroxyl groups excluding tert-OH is 2. The number of aromatic amines is 1. The third-order valence-corrected chi connectivity index (χ3v) is 9.85. The fourth-order valence-corrected chi connectivity index (χ4v) is 7.69. The monoisotopic (exact) mass is 703 g/mol. The maximum Gasteiger partial charge on any atom is 0.327 e. The van der Waals surface area contributed by atoms with Gasteiger partial charge in [0, 0.05) is 12.1 Å². The first-order valence-corrected chi connectivity index (χ1v) is 16.9. The van der Waals surface area contributed by atoms with Crippen molar-refractivity contribution in [2.75, 3.05) is 24.7 Å². The van der Waals surface area contributed by atoms with E-state index in [0.29, 0.717) is 23.3 Å². The lowest BCUT2D eigenvalue weighted by Gasteiger charge is -2.27. The molecule has 0 aromatic carbocycles. The number of thiol groups is 1. The maximum atomic E-state index is 12.3. The molecule has 0 spiro atoms. The molecule has 1 aliphatic carbocycles. The van der Waals surface area contributed by atoms with E-state index in [4.69, 9.17) is 45.8 Å². The largest absolute Gasteiger partial charge is 0.388 e. The van der Waals surface area contributed by atoms with Gasteiger partial charge >= 0.3 is 15.4 Å². The fourth-order valence-electron chi connectivity index (χ4n) is 5.73. The third-order valence-electron chi connectivity index (χ3n) is 7.79. The van der Waals surface area contributed by atoms with Gasteiger partial charge in [-0.2, -0.15) is 4.98 Å². The zero-order valence-corrected chi connectivity index (χ0v) is 26.3. The second-order valence-electron chi connectivity index (χ2n) is 10.4. The standard InChI is InChI=1S/C22H27N9O10P2S2/c23-17-9-1-2-30(18(9)26-6-25-17)10-3-8(15(41-44)13(10)32)4-38-43(36,45)40-16-14(33)11(5-37-42-35)39-21(16)31-7-27-12-19(31)28-22(24)29-20(12)34/h1-2,6-8,10-11,13-16,21,32-33,44H,3-5H2,(H,36,45)(H2,23,25,26)(H3,24,28,29,34)/t8-,10-,11-,13+,14-,15-,16-,21-,43?/m1/s1. The van der Waals surface area contributed by atoms with E-state index in [-0.39, 0.29) is 30.3 Å². The van der Waals surface area contributed by atoms with Gasteiger partial charge in [0.2, 0.25) is 5.95 Å². The number of ether oxygens (including phenoxy) is 1. The van der Waals surface area contributed by atoms with Crippen LogP contribution in [0.25, 0.3) is 22.2 Å². The van der Waals surface area contributed by atoms with Gasteiger partial charge < -0.3 is 44.6 Å². The molecule has 4 aromatic heterocycles. The second kappa shape index (κ2) is 12.9. The van der Waals surface area contributed by atoms with Crippen LogP contribution in [0.4, 0.5) is 11.8 Å². The molecule has 2 fully saturated rings. The van der Waals surface area contributed by atoms with Crippen LogP contribution in [0.15, 0.2) is 29.7 Å². The Hall–Kier alpha value is -2.65. The Morgan fingerprint density at radius 2 is 1.98 bits per heavy atom. The number of aromatic nitrogens is 7. The summed E-state index contributed by atoms with van der Waals surface area (Å²) in [5, 5.41) is 22.8. The van der Waals surface area contributed by atoms with Gasteiger partial charge in [-0.15, -0.1) is 0 Å². The van der Waals surface area contributed by atoms with Crippen LogP contribution in [0, 0.1) is 5.92 Å². The van der Waals surface area contributed by atoms with E-state index in [1.807, 2.05) is 0 Å². The van der Waals surface area contributed by atoms with Gasteiger partial charge in [0.05, 0.1) is 31.0 Å². The number of hydrogen-bond donors (Lipinski definition) is 7. The first-order valence-electron chi connectivity index (χ1n) is 13.2. The molecular formula is C22H27N9O10P2S2. The van der Waals surface area contributed by atoms with Gasteiger partial charge in [0.15, 0.2) is 17.4 Å².